The molecule has 0 spiro atoms. The Kier molecular flexibility index (Phi) is 5.93. The van der Waals surface area contributed by atoms with Gasteiger partial charge in [0, 0.05) is 44.1 Å². The maximum Gasteiger partial charge on any atom is 0.437 e. The summed E-state index contributed by atoms with van der Waals surface area (Å²) in [5.41, 5.74) is -0.123. The number of fused-ring (bicyclic) bond motifs is 1. The van der Waals surface area contributed by atoms with Gasteiger partial charge in [-0.2, -0.15) is 13.2 Å². The lowest BCUT2D eigenvalue weighted by molar-refractivity contribution is -0.142. The monoisotopic (exact) mass is 516 g/mol. The van der Waals surface area contributed by atoms with Crippen LogP contribution in [0.3, 0.4) is 0 Å². The molecule has 11 nitrogen and oxygen atoms in total. The Hall–Kier alpha value is -4.62. The predicted octanol–water partition coefficient (Wildman–Crippen LogP) is 3.94. The second-order valence-electron chi connectivity index (χ2n) is 8.28. The third-order valence-electron chi connectivity index (χ3n) is 5.99. The average molecular weight is 516 g/mol. The summed E-state index contributed by atoms with van der Waals surface area (Å²) in [6, 6.07) is 4.81. The number of alkyl halides is 3. The molecule has 14 heteroatoms. The van der Waals surface area contributed by atoms with E-state index in [1.54, 1.807) is 30.0 Å². The number of imidazole rings is 1. The van der Waals surface area contributed by atoms with Crippen molar-refractivity contribution >= 4 is 17.6 Å². The van der Waals surface area contributed by atoms with Gasteiger partial charge in [-0.05, 0) is 30.7 Å². The van der Waals surface area contributed by atoms with Gasteiger partial charge in [-0.3, -0.25) is 9.20 Å². The molecule has 0 bridgehead atoms. The van der Waals surface area contributed by atoms with Gasteiger partial charge in [0.15, 0.2) is 5.69 Å². The Morgan fingerprint density at radius 1 is 1.11 bits per heavy atom. The van der Waals surface area contributed by atoms with Crippen LogP contribution in [0.15, 0.2) is 47.6 Å². The van der Waals surface area contributed by atoms with Gasteiger partial charge in [-0.15, -0.1) is 0 Å². The molecule has 0 aliphatic carbocycles. The van der Waals surface area contributed by atoms with Crippen molar-refractivity contribution in [2.45, 2.75) is 13.1 Å². The van der Waals surface area contributed by atoms with E-state index in [4.69, 9.17) is 9.84 Å². The van der Waals surface area contributed by atoms with E-state index in [1.807, 2.05) is 0 Å². The van der Waals surface area contributed by atoms with Gasteiger partial charge in [0.1, 0.15) is 12.0 Å². The first-order valence-corrected chi connectivity index (χ1v) is 11.0. The topological polar surface area (TPSA) is 126 Å². The molecule has 5 rings (SSSR count). The number of amides is 2. The van der Waals surface area contributed by atoms with E-state index in [0.717, 1.165) is 6.26 Å². The van der Waals surface area contributed by atoms with E-state index >= 15 is 0 Å². The number of ether oxygens (including phenoxy) is 1. The van der Waals surface area contributed by atoms with Crippen molar-refractivity contribution in [3.63, 3.8) is 0 Å². The van der Waals surface area contributed by atoms with Crippen LogP contribution < -0.4 is 4.74 Å². The Morgan fingerprint density at radius 2 is 1.84 bits per heavy atom. The molecule has 4 heterocycles. The summed E-state index contributed by atoms with van der Waals surface area (Å²) < 4.78 is 51.7. The maximum atomic E-state index is 13.3. The minimum atomic E-state index is -4.71. The number of carboxylic acid groups (broad SMARTS) is 1. The molecule has 1 aromatic carbocycles. The highest BCUT2D eigenvalue weighted by atomic mass is 19.4. The Balaban J connectivity index is 1.37. The number of hydrogen-bond acceptors (Lipinski definition) is 7. The van der Waals surface area contributed by atoms with Gasteiger partial charge in [0.05, 0.1) is 17.5 Å². The molecular formula is C23H19F3N6O5. The fourth-order valence-corrected chi connectivity index (χ4v) is 4.11. The Labute approximate surface area is 206 Å². The number of hydrogen-bond donors (Lipinski definition) is 1. The summed E-state index contributed by atoms with van der Waals surface area (Å²) in [5.74, 6) is 0.166. The van der Waals surface area contributed by atoms with Crippen LogP contribution in [-0.4, -0.2) is 72.6 Å². The lowest BCUT2D eigenvalue weighted by Crippen LogP contribution is -2.50. The maximum absolute atomic E-state index is 13.3. The highest BCUT2D eigenvalue weighted by Crippen LogP contribution is 2.37. The van der Waals surface area contributed by atoms with Crippen LogP contribution in [0.5, 0.6) is 11.6 Å². The molecule has 0 atom stereocenters. The van der Waals surface area contributed by atoms with Crippen molar-refractivity contribution in [1.82, 2.24) is 29.3 Å². The first-order chi connectivity index (χ1) is 17.6. The standard InChI is InChI=1S/C23H19F3N6O5/c1-13-10-14(2-3-15(13)21(33)30-6-8-31(9-7-30)22(34)35)37-20-19-28-11-17(32(19)5-4-27-20)16-12-36-29-18(16)23(24,25)26/h2-5,10-12H,6-9H2,1H3,(H,34,35). The SMILES string of the molecule is Cc1cc(Oc2nccn3c(-c4conc4C(F)(F)F)cnc23)ccc1C(=O)N1CCN(C(=O)O)CC1. The summed E-state index contributed by atoms with van der Waals surface area (Å²) in [4.78, 5) is 35.2. The molecule has 0 unspecified atom stereocenters. The van der Waals surface area contributed by atoms with Crippen LogP contribution in [0.4, 0.5) is 18.0 Å². The number of aromatic nitrogens is 4. The minimum Gasteiger partial charge on any atom is -0.465 e. The zero-order chi connectivity index (χ0) is 26.3. The number of carbonyl (C=O) groups is 2. The van der Waals surface area contributed by atoms with Gasteiger partial charge in [-0.25, -0.2) is 14.8 Å². The lowest BCUT2D eigenvalue weighted by Gasteiger charge is -2.33. The van der Waals surface area contributed by atoms with Crippen molar-refractivity contribution < 1.29 is 37.1 Å². The van der Waals surface area contributed by atoms with Crippen LogP contribution in [0.1, 0.15) is 21.6 Å². The van der Waals surface area contributed by atoms with Crippen LogP contribution >= 0.6 is 0 Å². The van der Waals surface area contributed by atoms with E-state index in [0.29, 0.717) is 30.0 Å². The molecule has 2 amide bonds. The molecular weight excluding hydrogens is 497 g/mol. The smallest absolute Gasteiger partial charge is 0.437 e. The van der Waals surface area contributed by atoms with E-state index in [9.17, 15) is 22.8 Å². The fourth-order valence-electron chi connectivity index (χ4n) is 4.11. The third-order valence-corrected chi connectivity index (χ3v) is 5.99. The quantitative estimate of drug-likeness (QED) is 0.432. The second kappa shape index (κ2) is 9.11. The predicted molar refractivity (Wildman–Crippen MR) is 120 cm³/mol. The van der Waals surface area contributed by atoms with E-state index < -0.39 is 18.0 Å². The molecule has 0 radical (unpaired) electrons. The summed E-state index contributed by atoms with van der Waals surface area (Å²) in [5, 5.41) is 12.2. The molecule has 37 heavy (non-hydrogen) atoms. The van der Waals surface area contributed by atoms with Crippen molar-refractivity contribution in [3.8, 4) is 22.9 Å². The highest BCUT2D eigenvalue weighted by Gasteiger charge is 2.38. The van der Waals surface area contributed by atoms with Crippen molar-refractivity contribution in [2.75, 3.05) is 26.2 Å². The molecule has 192 valence electrons. The Bertz CT molecular complexity index is 1490. The molecule has 0 saturated carbocycles. The molecule has 1 fully saturated rings. The first kappa shape index (κ1) is 24.1. The van der Waals surface area contributed by atoms with Crippen LogP contribution in [0.25, 0.3) is 16.9 Å². The molecule has 1 saturated heterocycles. The minimum absolute atomic E-state index is 0.0435. The van der Waals surface area contributed by atoms with E-state index in [1.165, 1.54) is 27.9 Å². The Morgan fingerprint density at radius 3 is 2.51 bits per heavy atom. The van der Waals surface area contributed by atoms with Crippen LogP contribution in [-0.2, 0) is 6.18 Å². The fraction of sp³-hybridized carbons (Fsp3) is 0.261. The number of halogens is 3. The molecule has 4 aromatic rings. The summed E-state index contributed by atoms with van der Waals surface area (Å²) in [7, 11) is 0. The number of piperazine rings is 1. The number of rotatable bonds is 4. The van der Waals surface area contributed by atoms with Gasteiger partial charge in [0.2, 0.25) is 5.65 Å². The number of aryl methyl sites for hydroxylation is 1. The van der Waals surface area contributed by atoms with Gasteiger partial charge < -0.3 is 24.2 Å². The van der Waals surface area contributed by atoms with Crippen molar-refractivity contribution in [2.24, 2.45) is 0 Å². The zero-order valence-electron chi connectivity index (χ0n) is 19.3. The van der Waals surface area contributed by atoms with Gasteiger partial charge >= 0.3 is 12.3 Å². The lowest BCUT2D eigenvalue weighted by atomic mass is 10.1. The summed E-state index contributed by atoms with van der Waals surface area (Å²) in [6.45, 7) is 2.80. The molecule has 1 aliphatic rings. The molecule has 1 N–H and O–H groups in total. The third kappa shape index (κ3) is 4.52. The second-order valence-corrected chi connectivity index (χ2v) is 8.28. The largest absolute Gasteiger partial charge is 0.465 e. The average Bonchev–Trinajstić information content (AvgIpc) is 3.51. The number of benzene rings is 1. The van der Waals surface area contributed by atoms with Crippen LogP contribution in [0.2, 0.25) is 0 Å². The zero-order valence-corrected chi connectivity index (χ0v) is 19.3. The van der Waals surface area contributed by atoms with Crippen molar-refractivity contribution in [1.29, 1.82) is 0 Å². The summed E-state index contributed by atoms with van der Waals surface area (Å²) in [6.07, 6.45) is -0.791. The molecule has 3 aromatic heterocycles. The van der Waals surface area contributed by atoms with E-state index in [2.05, 4.69) is 19.6 Å². The van der Waals surface area contributed by atoms with Crippen molar-refractivity contribution in [3.05, 3.63) is 59.9 Å². The van der Waals surface area contributed by atoms with E-state index in [-0.39, 0.29) is 41.8 Å². The highest BCUT2D eigenvalue weighted by molar-refractivity contribution is 5.96. The number of nitrogens with zero attached hydrogens (tertiary/aromatic N) is 6. The van der Waals surface area contributed by atoms with Gasteiger partial charge in [-0.1, -0.05) is 5.16 Å². The molecule has 1 aliphatic heterocycles. The number of carbonyl (C=O) groups excluding carboxylic acids is 1. The first-order valence-electron chi connectivity index (χ1n) is 11.0. The van der Waals surface area contributed by atoms with Gasteiger partial charge in [0.25, 0.3) is 11.8 Å². The normalized spacial score (nSPS) is 14.3. The summed E-state index contributed by atoms with van der Waals surface area (Å²) >= 11 is 0. The van der Waals surface area contributed by atoms with Crippen LogP contribution in [0, 0.1) is 6.92 Å².